The molecule has 6 nitrogen and oxygen atoms in total. The summed E-state index contributed by atoms with van der Waals surface area (Å²) in [6, 6.07) is -0.596. The fraction of sp³-hybridized carbons (Fsp3) is 0.667. The van der Waals surface area contributed by atoms with Crippen molar-refractivity contribution < 1.29 is 9.59 Å². The van der Waals surface area contributed by atoms with Crippen molar-refractivity contribution >= 4 is 28.3 Å². The van der Waals surface area contributed by atoms with Gasteiger partial charge in [0.1, 0.15) is 0 Å². The Balaban J connectivity index is 1.84. The number of rotatable bonds is 5. The van der Waals surface area contributed by atoms with Gasteiger partial charge in [0.2, 0.25) is 11.8 Å². The van der Waals surface area contributed by atoms with Crippen LogP contribution in [0.2, 0.25) is 0 Å². The molecule has 22 heavy (non-hydrogen) atoms. The molecule has 0 saturated carbocycles. The first-order chi connectivity index (χ1) is 10.4. The zero-order valence-corrected chi connectivity index (χ0v) is 14.1. The Hall–Kier alpha value is -1.47. The van der Waals surface area contributed by atoms with Crippen LogP contribution in [-0.2, 0) is 22.4 Å². The zero-order valence-electron chi connectivity index (χ0n) is 13.3. The summed E-state index contributed by atoms with van der Waals surface area (Å²) in [6.07, 6.45) is 3.15. The maximum atomic E-state index is 11.9. The molecule has 1 aliphatic carbocycles. The number of fused-ring (bicyclic) bond motifs is 1. The minimum absolute atomic E-state index is 0.0377. The van der Waals surface area contributed by atoms with E-state index in [1.807, 2.05) is 13.8 Å². The van der Waals surface area contributed by atoms with Gasteiger partial charge in [-0.15, -0.1) is 11.3 Å². The second kappa shape index (κ2) is 7.19. The molecular weight excluding hydrogens is 300 g/mol. The predicted molar refractivity (Wildman–Crippen MR) is 87.8 cm³/mol. The summed E-state index contributed by atoms with van der Waals surface area (Å²) >= 11 is 1.53. The zero-order chi connectivity index (χ0) is 16.3. The predicted octanol–water partition coefficient (Wildman–Crippen LogP) is 1.31. The number of anilines is 1. The number of aromatic nitrogens is 1. The van der Waals surface area contributed by atoms with Crippen LogP contribution in [0.15, 0.2) is 0 Å². The first kappa shape index (κ1) is 16.9. The van der Waals surface area contributed by atoms with E-state index in [4.69, 9.17) is 5.73 Å². The van der Waals surface area contributed by atoms with Gasteiger partial charge in [-0.3, -0.25) is 9.59 Å². The molecule has 1 unspecified atom stereocenters. The lowest BCUT2D eigenvalue weighted by molar-refractivity contribution is -0.125. The fourth-order valence-electron chi connectivity index (χ4n) is 2.34. The molecule has 1 heterocycles. The van der Waals surface area contributed by atoms with Gasteiger partial charge in [-0.1, -0.05) is 20.8 Å². The van der Waals surface area contributed by atoms with E-state index in [-0.39, 0.29) is 24.3 Å². The molecule has 0 aromatic carbocycles. The highest BCUT2D eigenvalue weighted by Gasteiger charge is 2.21. The second-order valence-electron chi connectivity index (χ2n) is 6.27. The molecule has 0 fully saturated rings. The average molecular weight is 324 g/mol. The van der Waals surface area contributed by atoms with Crippen molar-refractivity contribution in [3.05, 3.63) is 10.6 Å². The fourth-order valence-corrected chi connectivity index (χ4v) is 3.53. The van der Waals surface area contributed by atoms with Gasteiger partial charge < -0.3 is 16.4 Å². The smallest absolute Gasteiger partial charge is 0.245 e. The van der Waals surface area contributed by atoms with Crippen molar-refractivity contribution in [2.24, 2.45) is 17.6 Å². The molecule has 2 atom stereocenters. The Bertz CT molecular complexity index is 556. The molecule has 7 heteroatoms. The minimum atomic E-state index is -0.596. The van der Waals surface area contributed by atoms with Gasteiger partial charge in [-0.2, -0.15) is 0 Å². The van der Waals surface area contributed by atoms with Gasteiger partial charge in [0.15, 0.2) is 5.13 Å². The Morgan fingerprint density at radius 1 is 1.45 bits per heavy atom. The number of hydrogen-bond acceptors (Lipinski definition) is 5. The van der Waals surface area contributed by atoms with Crippen LogP contribution in [0.4, 0.5) is 5.13 Å². The number of nitrogens with one attached hydrogen (secondary N) is 2. The van der Waals surface area contributed by atoms with Crippen LogP contribution in [0.5, 0.6) is 0 Å². The van der Waals surface area contributed by atoms with Gasteiger partial charge in [-0.25, -0.2) is 4.98 Å². The van der Waals surface area contributed by atoms with Crippen molar-refractivity contribution in [2.45, 2.75) is 46.1 Å². The van der Waals surface area contributed by atoms with Crippen LogP contribution in [0.3, 0.4) is 0 Å². The van der Waals surface area contributed by atoms with E-state index in [0.29, 0.717) is 11.0 Å². The molecule has 0 radical (unpaired) electrons. The number of amides is 2. The number of carbonyl (C=O) groups is 2. The number of thiazole rings is 1. The molecule has 4 N–H and O–H groups in total. The van der Waals surface area contributed by atoms with E-state index in [9.17, 15) is 9.59 Å². The van der Waals surface area contributed by atoms with E-state index < -0.39 is 6.04 Å². The SMILES string of the molecule is CC1CCc2nc(NC(=O)CNC(=O)[C@@H](N)C(C)C)sc2C1. The van der Waals surface area contributed by atoms with Gasteiger partial charge in [0.05, 0.1) is 18.3 Å². The molecule has 2 amide bonds. The summed E-state index contributed by atoms with van der Waals surface area (Å²) in [5.74, 6) is 0.130. The van der Waals surface area contributed by atoms with Gasteiger partial charge in [0, 0.05) is 4.88 Å². The second-order valence-corrected chi connectivity index (χ2v) is 7.36. The molecule has 2 rings (SSSR count). The van der Waals surface area contributed by atoms with Crippen LogP contribution in [0, 0.1) is 11.8 Å². The highest BCUT2D eigenvalue weighted by Crippen LogP contribution is 2.31. The first-order valence-corrected chi connectivity index (χ1v) is 8.50. The lowest BCUT2D eigenvalue weighted by Crippen LogP contribution is -2.46. The topological polar surface area (TPSA) is 97.1 Å². The van der Waals surface area contributed by atoms with Gasteiger partial charge in [0.25, 0.3) is 0 Å². The summed E-state index contributed by atoms with van der Waals surface area (Å²) in [7, 11) is 0. The number of aryl methyl sites for hydroxylation is 1. The van der Waals surface area contributed by atoms with E-state index in [1.165, 1.54) is 16.2 Å². The Labute approximate surface area is 134 Å². The summed E-state index contributed by atoms with van der Waals surface area (Å²) in [5, 5.41) is 5.92. The molecule has 1 aliphatic rings. The molecule has 0 spiro atoms. The van der Waals surface area contributed by atoms with Crippen LogP contribution >= 0.6 is 11.3 Å². The lowest BCUT2D eigenvalue weighted by Gasteiger charge is -2.15. The molecule has 0 aliphatic heterocycles. The average Bonchev–Trinajstić information content (AvgIpc) is 2.84. The summed E-state index contributed by atoms with van der Waals surface area (Å²) < 4.78 is 0. The largest absolute Gasteiger partial charge is 0.346 e. The van der Waals surface area contributed by atoms with Crippen LogP contribution in [-0.4, -0.2) is 29.4 Å². The quantitative estimate of drug-likeness (QED) is 0.760. The molecule has 122 valence electrons. The minimum Gasteiger partial charge on any atom is -0.346 e. The standard InChI is InChI=1S/C15H24N4O2S/c1-8(2)13(16)14(21)17-7-12(20)19-15-18-10-5-4-9(3)6-11(10)22-15/h8-9,13H,4-7,16H2,1-3H3,(H,17,21)(H,18,19,20)/t9?,13-/m0/s1. The monoisotopic (exact) mass is 324 g/mol. The van der Waals surface area contributed by atoms with Crippen LogP contribution in [0.1, 0.15) is 37.8 Å². The van der Waals surface area contributed by atoms with Crippen LogP contribution < -0.4 is 16.4 Å². The molecular formula is C15H24N4O2S. The van der Waals surface area contributed by atoms with Gasteiger partial charge >= 0.3 is 0 Å². The third kappa shape index (κ3) is 4.27. The molecule has 1 aromatic rings. The van der Waals surface area contributed by atoms with Gasteiger partial charge in [-0.05, 0) is 31.1 Å². The van der Waals surface area contributed by atoms with E-state index in [2.05, 4.69) is 22.5 Å². The molecule has 1 aromatic heterocycles. The van der Waals surface area contributed by atoms with E-state index in [1.54, 1.807) is 0 Å². The third-order valence-corrected chi connectivity index (χ3v) is 4.91. The highest BCUT2D eigenvalue weighted by atomic mass is 32.1. The van der Waals surface area contributed by atoms with Crippen molar-refractivity contribution in [3.63, 3.8) is 0 Å². The summed E-state index contributed by atoms with van der Waals surface area (Å²) in [5.41, 5.74) is 6.83. The number of carbonyl (C=O) groups excluding carboxylic acids is 2. The number of nitrogens with zero attached hydrogens (tertiary/aromatic N) is 1. The van der Waals surface area contributed by atoms with E-state index in [0.717, 1.165) is 25.0 Å². The van der Waals surface area contributed by atoms with Crippen molar-refractivity contribution in [1.82, 2.24) is 10.3 Å². The Kier molecular flexibility index (Phi) is 5.52. The lowest BCUT2D eigenvalue weighted by atomic mass is 9.93. The third-order valence-electron chi connectivity index (χ3n) is 3.88. The highest BCUT2D eigenvalue weighted by molar-refractivity contribution is 7.15. The maximum Gasteiger partial charge on any atom is 0.245 e. The Morgan fingerprint density at radius 3 is 2.86 bits per heavy atom. The van der Waals surface area contributed by atoms with Crippen molar-refractivity contribution in [1.29, 1.82) is 0 Å². The Morgan fingerprint density at radius 2 is 2.18 bits per heavy atom. The first-order valence-electron chi connectivity index (χ1n) is 7.68. The normalized spacial score (nSPS) is 18.7. The van der Waals surface area contributed by atoms with Crippen LogP contribution in [0.25, 0.3) is 0 Å². The van der Waals surface area contributed by atoms with Crippen molar-refractivity contribution in [3.8, 4) is 0 Å². The van der Waals surface area contributed by atoms with E-state index >= 15 is 0 Å². The summed E-state index contributed by atoms with van der Waals surface area (Å²) in [4.78, 5) is 29.3. The molecule has 0 bridgehead atoms. The maximum absolute atomic E-state index is 11.9. The number of hydrogen-bond donors (Lipinski definition) is 3. The summed E-state index contributed by atoms with van der Waals surface area (Å²) in [6.45, 7) is 5.88. The molecule has 0 saturated heterocycles. The van der Waals surface area contributed by atoms with Crippen molar-refractivity contribution in [2.75, 3.05) is 11.9 Å². The number of nitrogens with two attached hydrogens (primary N) is 1.